The van der Waals surface area contributed by atoms with Gasteiger partial charge in [0.25, 0.3) is 0 Å². The number of furan rings is 1. The van der Waals surface area contributed by atoms with Crippen LogP contribution in [-0.4, -0.2) is 37.2 Å². The summed E-state index contributed by atoms with van der Waals surface area (Å²) in [7, 11) is 0. The monoisotopic (exact) mass is 412 g/mol. The smallest absolute Gasteiger partial charge is 0.138 e. The van der Waals surface area contributed by atoms with E-state index in [-0.39, 0.29) is 17.2 Å². The van der Waals surface area contributed by atoms with Crippen LogP contribution in [0.4, 0.5) is 0 Å². The largest absolute Gasteiger partial charge is 0.508 e. The molecule has 0 fully saturated rings. The topological polar surface area (TPSA) is 114 Å². The van der Waals surface area contributed by atoms with Crippen LogP contribution in [0.1, 0.15) is 39.2 Å². The van der Waals surface area contributed by atoms with E-state index in [1.54, 1.807) is 32.0 Å². The minimum Gasteiger partial charge on any atom is -0.508 e. The summed E-state index contributed by atoms with van der Waals surface area (Å²) >= 11 is 0. The van der Waals surface area contributed by atoms with E-state index in [4.69, 9.17) is 4.42 Å². The van der Waals surface area contributed by atoms with E-state index in [2.05, 4.69) is 0 Å². The summed E-state index contributed by atoms with van der Waals surface area (Å²) in [5.41, 5.74) is 1.27. The van der Waals surface area contributed by atoms with Gasteiger partial charge in [0, 0.05) is 22.6 Å². The number of hydrogen-bond donors (Lipinski definition) is 5. The molecule has 0 saturated carbocycles. The van der Waals surface area contributed by atoms with Gasteiger partial charge in [0.2, 0.25) is 0 Å². The standard InChI is InChI=1S/C24H28O6/c1-14(5-9-23(28)24(2,3)29)4-8-18-19(26)10-16(11-20(18)27)21-12-15-6-7-17(25)13-22(15)30-21/h4,6-7,10-13,23,25-29H,5,8-9H2,1-3H3/b14-4+. The number of allylic oxidation sites excluding steroid dienone is 2. The maximum atomic E-state index is 10.4. The van der Waals surface area contributed by atoms with Gasteiger partial charge in [-0.1, -0.05) is 11.6 Å². The molecule has 0 radical (unpaired) electrons. The molecule has 30 heavy (non-hydrogen) atoms. The summed E-state index contributed by atoms with van der Waals surface area (Å²) < 4.78 is 5.73. The highest BCUT2D eigenvalue weighted by Gasteiger charge is 2.23. The van der Waals surface area contributed by atoms with Crippen molar-refractivity contribution in [3.8, 4) is 28.6 Å². The molecule has 160 valence electrons. The van der Waals surface area contributed by atoms with Crippen LogP contribution in [0.15, 0.2) is 52.5 Å². The zero-order chi connectivity index (χ0) is 22.1. The Morgan fingerprint density at radius 3 is 2.37 bits per heavy atom. The summed E-state index contributed by atoms with van der Waals surface area (Å²) in [6, 6.07) is 9.65. The first-order valence-electron chi connectivity index (χ1n) is 9.88. The normalized spacial score (nSPS) is 13.7. The first kappa shape index (κ1) is 21.7. The number of benzene rings is 2. The van der Waals surface area contributed by atoms with E-state index in [9.17, 15) is 25.5 Å². The van der Waals surface area contributed by atoms with Crippen molar-refractivity contribution in [3.63, 3.8) is 0 Å². The predicted octanol–water partition coefficient (Wildman–Crippen LogP) is 4.62. The van der Waals surface area contributed by atoms with Gasteiger partial charge in [0.05, 0.1) is 11.7 Å². The second-order valence-corrected chi connectivity index (χ2v) is 8.29. The van der Waals surface area contributed by atoms with Crippen LogP contribution in [0.3, 0.4) is 0 Å². The number of hydrogen-bond acceptors (Lipinski definition) is 6. The second kappa shape index (κ2) is 8.42. The predicted molar refractivity (Wildman–Crippen MR) is 116 cm³/mol. The molecule has 0 amide bonds. The first-order chi connectivity index (χ1) is 14.0. The van der Waals surface area contributed by atoms with Crippen LogP contribution < -0.4 is 0 Å². The third-order valence-corrected chi connectivity index (χ3v) is 5.27. The van der Waals surface area contributed by atoms with Crippen molar-refractivity contribution in [2.45, 2.75) is 51.7 Å². The average molecular weight is 412 g/mol. The van der Waals surface area contributed by atoms with E-state index in [1.807, 2.05) is 13.0 Å². The summed E-state index contributed by atoms with van der Waals surface area (Å²) in [6.45, 7) is 5.04. The maximum absolute atomic E-state index is 10.4. The molecular weight excluding hydrogens is 384 g/mol. The number of aromatic hydroxyl groups is 3. The van der Waals surface area contributed by atoms with Gasteiger partial charge >= 0.3 is 0 Å². The molecule has 5 N–H and O–H groups in total. The number of phenolic OH excluding ortho intramolecular Hbond substituents is 3. The Kier molecular flexibility index (Phi) is 6.10. The van der Waals surface area contributed by atoms with Gasteiger partial charge in [-0.25, -0.2) is 0 Å². The molecule has 0 aliphatic heterocycles. The summed E-state index contributed by atoms with van der Waals surface area (Å²) in [5, 5.41) is 51.0. The minimum absolute atomic E-state index is 0.0473. The molecule has 0 aliphatic carbocycles. The van der Waals surface area contributed by atoms with Crippen LogP contribution >= 0.6 is 0 Å². The number of fused-ring (bicyclic) bond motifs is 1. The molecule has 6 nitrogen and oxygen atoms in total. The zero-order valence-electron chi connectivity index (χ0n) is 17.4. The van der Waals surface area contributed by atoms with Gasteiger partial charge in [-0.15, -0.1) is 0 Å². The van der Waals surface area contributed by atoms with Crippen LogP contribution in [0, 0.1) is 0 Å². The lowest BCUT2D eigenvalue weighted by atomic mass is 9.95. The van der Waals surface area contributed by atoms with Crippen molar-refractivity contribution < 1.29 is 29.9 Å². The number of rotatable bonds is 7. The Hall–Kier alpha value is -2.96. The van der Waals surface area contributed by atoms with Gasteiger partial charge < -0.3 is 29.9 Å². The molecule has 0 saturated heterocycles. The van der Waals surface area contributed by atoms with E-state index < -0.39 is 11.7 Å². The lowest BCUT2D eigenvalue weighted by Gasteiger charge is -2.24. The summed E-state index contributed by atoms with van der Waals surface area (Å²) in [5.74, 6) is 0.476. The van der Waals surface area contributed by atoms with Crippen molar-refractivity contribution in [2.75, 3.05) is 0 Å². The lowest BCUT2D eigenvalue weighted by Crippen LogP contribution is -2.35. The van der Waals surface area contributed by atoms with Crippen LogP contribution in [-0.2, 0) is 6.42 Å². The molecule has 1 atom stereocenters. The van der Waals surface area contributed by atoms with Crippen molar-refractivity contribution in [1.82, 2.24) is 0 Å². The molecular formula is C24H28O6. The Bertz CT molecular complexity index is 1050. The van der Waals surface area contributed by atoms with Crippen molar-refractivity contribution in [2.24, 2.45) is 0 Å². The quantitative estimate of drug-likeness (QED) is 0.362. The summed E-state index contributed by atoms with van der Waals surface area (Å²) in [4.78, 5) is 0. The molecule has 0 spiro atoms. The molecule has 0 aliphatic rings. The molecule has 1 heterocycles. The molecule has 3 aromatic rings. The fraction of sp³-hybridized carbons (Fsp3) is 0.333. The fourth-order valence-electron chi connectivity index (χ4n) is 3.25. The fourth-order valence-corrected chi connectivity index (χ4v) is 3.25. The van der Waals surface area contributed by atoms with Gasteiger partial charge in [0.15, 0.2) is 0 Å². The molecule has 3 rings (SSSR count). The highest BCUT2D eigenvalue weighted by molar-refractivity contribution is 5.84. The van der Waals surface area contributed by atoms with E-state index in [0.29, 0.717) is 41.7 Å². The maximum Gasteiger partial charge on any atom is 0.138 e. The van der Waals surface area contributed by atoms with Gasteiger partial charge in [-0.2, -0.15) is 0 Å². The first-order valence-corrected chi connectivity index (χ1v) is 9.88. The zero-order valence-corrected chi connectivity index (χ0v) is 17.4. The third-order valence-electron chi connectivity index (χ3n) is 5.27. The molecule has 1 aromatic heterocycles. The van der Waals surface area contributed by atoms with Crippen LogP contribution in [0.25, 0.3) is 22.3 Å². The van der Waals surface area contributed by atoms with E-state index in [0.717, 1.165) is 11.0 Å². The summed E-state index contributed by atoms with van der Waals surface area (Å²) in [6.07, 6.45) is 2.40. The van der Waals surface area contributed by atoms with Crippen LogP contribution in [0.5, 0.6) is 17.2 Å². The number of aliphatic hydroxyl groups excluding tert-OH is 1. The lowest BCUT2D eigenvalue weighted by molar-refractivity contribution is -0.0509. The average Bonchev–Trinajstić information content (AvgIpc) is 3.07. The van der Waals surface area contributed by atoms with Gasteiger partial charge in [0.1, 0.15) is 28.6 Å². The highest BCUT2D eigenvalue weighted by Crippen LogP contribution is 2.37. The Balaban J connectivity index is 1.75. The van der Waals surface area contributed by atoms with Crippen molar-refractivity contribution in [1.29, 1.82) is 0 Å². The Morgan fingerprint density at radius 2 is 1.73 bits per heavy atom. The third kappa shape index (κ3) is 4.96. The molecule has 1 unspecified atom stereocenters. The van der Waals surface area contributed by atoms with Crippen molar-refractivity contribution >= 4 is 11.0 Å². The van der Waals surface area contributed by atoms with Gasteiger partial charge in [-0.05, 0) is 70.4 Å². The van der Waals surface area contributed by atoms with E-state index in [1.165, 1.54) is 18.2 Å². The Morgan fingerprint density at radius 1 is 1.07 bits per heavy atom. The van der Waals surface area contributed by atoms with E-state index >= 15 is 0 Å². The molecule has 0 bridgehead atoms. The number of aliphatic hydroxyl groups is 2. The molecule has 2 aromatic carbocycles. The minimum atomic E-state index is -1.15. The number of phenols is 3. The van der Waals surface area contributed by atoms with Crippen molar-refractivity contribution in [3.05, 3.63) is 53.6 Å². The molecule has 6 heteroatoms. The Labute approximate surface area is 175 Å². The SMILES string of the molecule is C/C(=C\Cc1c(O)cc(-c2cc3ccc(O)cc3o2)cc1O)CCC(O)C(C)(C)O. The van der Waals surface area contributed by atoms with Gasteiger partial charge in [-0.3, -0.25) is 0 Å². The highest BCUT2D eigenvalue weighted by atomic mass is 16.3. The second-order valence-electron chi connectivity index (χ2n) is 8.29. The van der Waals surface area contributed by atoms with Crippen LogP contribution in [0.2, 0.25) is 0 Å².